The molecule has 1 rings (SSSR count). The van der Waals surface area contributed by atoms with Crippen LogP contribution in [0.15, 0.2) is 18.2 Å². The van der Waals surface area contributed by atoms with Crippen LogP contribution in [0.5, 0.6) is 0 Å². The third-order valence-electron chi connectivity index (χ3n) is 3.34. The van der Waals surface area contributed by atoms with Crippen molar-refractivity contribution in [3.8, 4) is 0 Å². The van der Waals surface area contributed by atoms with Crippen molar-refractivity contribution in [2.75, 3.05) is 37.9 Å². The lowest BCUT2D eigenvalue weighted by molar-refractivity contribution is -0.116. The van der Waals surface area contributed by atoms with Gasteiger partial charge in [0.15, 0.2) is 0 Å². The SMILES string of the molecule is CCN(CCC(=O)Nc1ccc(Cl)c(N)c1)C(C)COC. The van der Waals surface area contributed by atoms with Crippen molar-refractivity contribution in [1.82, 2.24) is 4.90 Å². The average Bonchev–Trinajstić information content (AvgIpc) is 2.44. The van der Waals surface area contributed by atoms with Crippen molar-refractivity contribution in [2.45, 2.75) is 26.3 Å². The van der Waals surface area contributed by atoms with Crippen molar-refractivity contribution in [2.24, 2.45) is 0 Å². The van der Waals surface area contributed by atoms with Crippen molar-refractivity contribution in [1.29, 1.82) is 0 Å². The predicted molar refractivity (Wildman–Crippen MR) is 87.7 cm³/mol. The highest BCUT2D eigenvalue weighted by molar-refractivity contribution is 6.33. The number of likely N-dealkylation sites (N-methyl/N-ethyl adjacent to an activating group) is 1. The number of nitrogens with one attached hydrogen (secondary N) is 1. The summed E-state index contributed by atoms with van der Waals surface area (Å²) in [6.45, 7) is 6.39. The number of benzene rings is 1. The molecule has 1 atom stereocenters. The molecule has 3 N–H and O–H groups in total. The zero-order valence-corrected chi connectivity index (χ0v) is 13.6. The van der Waals surface area contributed by atoms with Crippen molar-refractivity contribution >= 4 is 28.9 Å². The summed E-state index contributed by atoms with van der Waals surface area (Å²) in [5.74, 6) is -0.0419. The van der Waals surface area contributed by atoms with Gasteiger partial charge in [-0.2, -0.15) is 0 Å². The molecule has 0 aromatic heterocycles. The Morgan fingerprint density at radius 3 is 2.81 bits per heavy atom. The Kier molecular flexibility index (Phi) is 7.50. The molecule has 0 aliphatic heterocycles. The molecule has 0 saturated heterocycles. The monoisotopic (exact) mass is 313 g/mol. The minimum absolute atomic E-state index is 0.0419. The number of halogens is 1. The maximum Gasteiger partial charge on any atom is 0.225 e. The van der Waals surface area contributed by atoms with Gasteiger partial charge in [0.05, 0.1) is 17.3 Å². The highest BCUT2D eigenvalue weighted by atomic mass is 35.5. The van der Waals surface area contributed by atoms with E-state index in [1.54, 1.807) is 25.3 Å². The first kappa shape index (κ1) is 17.8. The van der Waals surface area contributed by atoms with Gasteiger partial charge < -0.3 is 15.8 Å². The average molecular weight is 314 g/mol. The first-order valence-electron chi connectivity index (χ1n) is 7.05. The fraction of sp³-hybridized carbons (Fsp3) is 0.533. The molecule has 0 aliphatic rings. The van der Waals surface area contributed by atoms with Crippen LogP contribution < -0.4 is 11.1 Å². The van der Waals surface area contributed by atoms with Gasteiger partial charge in [0.25, 0.3) is 0 Å². The van der Waals surface area contributed by atoms with E-state index in [9.17, 15) is 4.79 Å². The van der Waals surface area contributed by atoms with Gasteiger partial charge >= 0.3 is 0 Å². The molecule has 0 aliphatic carbocycles. The molecule has 0 bridgehead atoms. The van der Waals surface area contributed by atoms with Crippen LogP contribution in [-0.4, -0.2) is 43.7 Å². The van der Waals surface area contributed by atoms with Gasteiger partial charge in [-0.3, -0.25) is 9.69 Å². The van der Waals surface area contributed by atoms with Crippen LogP contribution in [0, 0.1) is 0 Å². The number of hydrogen-bond donors (Lipinski definition) is 2. The Balaban J connectivity index is 2.47. The molecular weight excluding hydrogens is 290 g/mol. The molecule has 1 amide bonds. The summed E-state index contributed by atoms with van der Waals surface area (Å²) in [5, 5.41) is 3.31. The number of hydrogen-bond acceptors (Lipinski definition) is 4. The number of carbonyl (C=O) groups is 1. The molecule has 0 fully saturated rings. The second-order valence-corrected chi connectivity index (χ2v) is 5.37. The number of rotatable bonds is 8. The second kappa shape index (κ2) is 8.87. The van der Waals surface area contributed by atoms with E-state index in [-0.39, 0.29) is 5.91 Å². The normalized spacial score (nSPS) is 12.4. The number of ether oxygens (including phenoxy) is 1. The maximum atomic E-state index is 12.0. The van der Waals surface area contributed by atoms with Crippen LogP contribution in [0.4, 0.5) is 11.4 Å². The summed E-state index contributed by atoms with van der Waals surface area (Å²) in [7, 11) is 1.68. The lowest BCUT2D eigenvalue weighted by atomic mass is 10.2. The molecule has 0 radical (unpaired) electrons. The minimum Gasteiger partial charge on any atom is -0.397 e. The summed E-state index contributed by atoms with van der Waals surface area (Å²) in [6.07, 6.45) is 0.421. The number of carbonyl (C=O) groups excluding carboxylic acids is 1. The molecule has 0 spiro atoms. The van der Waals surface area contributed by atoms with Crippen molar-refractivity contribution < 1.29 is 9.53 Å². The largest absolute Gasteiger partial charge is 0.397 e. The summed E-state index contributed by atoms with van der Waals surface area (Å²) >= 11 is 5.85. The first-order valence-corrected chi connectivity index (χ1v) is 7.43. The molecule has 0 saturated carbocycles. The topological polar surface area (TPSA) is 67.6 Å². The predicted octanol–water partition coefficient (Wildman–Crippen LogP) is 2.61. The van der Waals surface area contributed by atoms with Crippen LogP contribution in [0.1, 0.15) is 20.3 Å². The third-order valence-corrected chi connectivity index (χ3v) is 3.69. The van der Waals surface area contributed by atoms with E-state index >= 15 is 0 Å². The number of nitrogens with zero attached hydrogens (tertiary/aromatic N) is 1. The first-order chi connectivity index (χ1) is 9.97. The summed E-state index contributed by atoms with van der Waals surface area (Å²) in [5.41, 5.74) is 6.83. The van der Waals surface area contributed by atoms with Gasteiger partial charge in [0.1, 0.15) is 0 Å². The molecule has 0 heterocycles. The van der Waals surface area contributed by atoms with Gasteiger partial charge in [-0.25, -0.2) is 0 Å². The lowest BCUT2D eigenvalue weighted by Crippen LogP contribution is -2.38. The highest BCUT2D eigenvalue weighted by Crippen LogP contribution is 2.22. The van der Waals surface area contributed by atoms with Gasteiger partial charge in [-0.1, -0.05) is 18.5 Å². The van der Waals surface area contributed by atoms with Crippen LogP contribution in [-0.2, 0) is 9.53 Å². The summed E-state index contributed by atoms with van der Waals surface area (Å²) in [6, 6.07) is 5.36. The minimum atomic E-state index is -0.0419. The Hall–Kier alpha value is -1.30. The second-order valence-electron chi connectivity index (χ2n) is 4.97. The molecule has 1 aromatic carbocycles. The van der Waals surface area contributed by atoms with Crippen LogP contribution >= 0.6 is 11.6 Å². The van der Waals surface area contributed by atoms with Crippen LogP contribution in [0.2, 0.25) is 5.02 Å². The fourth-order valence-corrected chi connectivity index (χ4v) is 2.24. The molecule has 118 valence electrons. The Labute approximate surface area is 131 Å². The number of nitrogen functional groups attached to an aromatic ring is 1. The van der Waals surface area contributed by atoms with Gasteiger partial charge in [0, 0.05) is 31.8 Å². The van der Waals surface area contributed by atoms with E-state index in [1.165, 1.54) is 0 Å². The Morgan fingerprint density at radius 1 is 1.52 bits per heavy atom. The summed E-state index contributed by atoms with van der Waals surface area (Å²) in [4.78, 5) is 14.2. The molecule has 6 heteroatoms. The molecule has 1 unspecified atom stereocenters. The highest BCUT2D eigenvalue weighted by Gasteiger charge is 2.13. The fourth-order valence-electron chi connectivity index (χ4n) is 2.13. The zero-order valence-electron chi connectivity index (χ0n) is 12.9. The summed E-state index contributed by atoms with van der Waals surface area (Å²) < 4.78 is 5.14. The van der Waals surface area contributed by atoms with Crippen LogP contribution in [0.3, 0.4) is 0 Å². The number of amides is 1. The van der Waals surface area contributed by atoms with E-state index in [0.717, 1.165) is 6.54 Å². The van der Waals surface area contributed by atoms with Crippen LogP contribution in [0.25, 0.3) is 0 Å². The lowest BCUT2D eigenvalue weighted by Gasteiger charge is -2.26. The van der Waals surface area contributed by atoms with Crippen molar-refractivity contribution in [3.63, 3.8) is 0 Å². The van der Waals surface area contributed by atoms with Gasteiger partial charge in [-0.05, 0) is 31.7 Å². The Morgan fingerprint density at radius 2 is 2.24 bits per heavy atom. The number of methoxy groups -OCH3 is 1. The molecular formula is C15H24ClN3O2. The molecule has 5 nitrogen and oxygen atoms in total. The van der Waals surface area contributed by atoms with Crippen molar-refractivity contribution in [3.05, 3.63) is 23.2 Å². The van der Waals surface area contributed by atoms with Gasteiger partial charge in [-0.15, -0.1) is 0 Å². The number of nitrogens with two attached hydrogens (primary N) is 1. The third kappa shape index (κ3) is 5.91. The quantitative estimate of drug-likeness (QED) is 0.724. The molecule has 21 heavy (non-hydrogen) atoms. The van der Waals surface area contributed by atoms with E-state index in [4.69, 9.17) is 22.1 Å². The smallest absolute Gasteiger partial charge is 0.225 e. The maximum absolute atomic E-state index is 12.0. The van der Waals surface area contributed by atoms with E-state index in [2.05, 4.69) is 24.1 Å². The Bertz CT molecular complexity index is 468. The van der Waals surface area contributed by atoms with Gasteiger partial charge in [0.2, 0.25) is 5.91 Å². The number of anilines is 2. The zero-order chi connectivity index (χ0) is 15.8. The van der Waals surface area contributed by atoms with E-state index in [0.29, 0.717) is 42.0 Å². The standard InChI is InChI=1S/C15H24ClN3O2/c1-4-19(11(2)10-21-3)8-7-15(20)18-12-5-6-13(16)14(17)9-12/h5-6,9,11H,4,7-8,10,17H2,1-3H3,(H,18,20). The molecule has 1 aromatic rings. The van der Waals surface area contributed by atoms with E-state index < -0.39 is 0 Å². The van der Waals surface area contributed by atoms with E-state index in [1.807, 2.05) is 0 Å².